The number of likely N-dealkylation sites (N-methyl/N-ethyl adjacent to an activating group) is 2. The van der Waals surface area contributed by atoms with E-state index in [1.54, 1.807) is 41.4 Å². The van der Waals surface area contributed by atoms with Crippen LogP contribution in [0.4, 0.5) is 9.59 Å². The van der Waals surface area contributed by atoms with E-state index in [0.717, 1.165) is 37.2 Å². The Balaban J connectivity index is -0.000000797. The Labute approximate surface area is 488 Å². The SMILES string of the molecule is Brc1nncs1.C.C.COc1cc(/C=C2\SC(=O)N(C)C2=O)c(Br)cc1O.COc1cc(/C=C2\SC(=O)N(C)C2=O)c(Br)cc1Oc1nncs1.O=CO[O-].[Cs+].[Cs+].[H-]. The second-order valence-corrected chi connectivity index (χ2v) is 15.8. The van der Waals surface area contributed by atoms with Gasteiger partial charge in [-0.05, 0) is 87.0 Å². The van der Waals surface area contributed by atoms with Crippen LogP contribution in [0.2, 0.25) is 0 Å². The van der Waals surface area contributed by atoms with Crippen molar-refractivity contribution in [3.63, 3.8) is 0 Å². The Hall–Kier alpha value is 0.194. The van der Waals surface area contributed by atoms with Crippen LogP contribution in [-0.4, -0.2) is 92.4 Å². The first-order chi connectivity index (χ1) is 25.2. The van der Waals surface area contributed by atoms with Gasteiger partial charge in [0.25, 0.3) is 34.0 Å². The summed E-state index contributed by atoms with van der Waals surface area (Å²) < 4.78 is 18.1. The van der Waals surface area contributed by atoms with Crippen LogP contribution in [0.5, 0.6) is 28.2 Å². The summed E-state index contributed by atoms with van der Waals surface area (Å²) in [5.41, 5.74) is 4.57. The summed E-state index contributed by atoms with van der Waals surface area (Å²) in [6, 6.07) is 6.48. The average Bonchev–Trinajstić information content (AvgIpc) is 3.94. The van der Waals surface area contributed by atoms with Gasteiger partial charge in [-0.2, -0.15) is 0 Å². The van der Waals surface area contributed by atoms with Gasteiger partial charge in [-0.3, -0.25) is 33.8 Å². The normalized spacial score (nSPS) is 13.9. The number of rotatable bonds is 7. The maximum atomic E-state index is 12.0. The Morgan fingerprint density at radius 2 is 1.21 bits per heavy atom. The number of hydrogen-bond acceptors (Lipinski definition) is 19. The summed E-state index contributed by atoms with van der Waals surface area (Å²) in [6.45, 7) is -0.181. The predicted octanol–water partition coefficient (Wildman–Crippen LogP) is 1.73. The van der Waals surface area contributed by atoms with E-state index in [-0.39, 0.29) is 189 Å². The zero-order chi connectivity index (χ0) is 39.2. The minimum Gasteiger partial charge on any atom is -1.00 e. The van der Waals surface area contributed by atoms with E-state index in [2.05, 4.69) is 73.1 Å². The van der Waals surface area contributed by atoms with E-state index in [1.807, 2.05) is 0 Å². The van der Waals surface area contributed by atoms with Crippen molar-refractivity contribution < 1.29 is 193 Å². The number of aromatic hydroxyl groups is 1. The van der Waals surface area contributed by atoms with Gasteiger partial charge in [0.1, 0.15) is 11.0 Å². The standard InChI is InChI=1S/C14H10BrN3O4S2.C12H10BrNO4S.C2HBrN2S.CH2O3.2CH4.2Cs.H/c1-18-12(19)11(24-14(18)20)4-7-3-9(21-2)10(5-8(7)15)22-13-17-16-6-23-13;1-14-11(16)10(19-12(14)17)4-6-3-9(18-2)8(15)5-7(6)13;3-2-5-4-1-6-2;2-1-4-3;;;;;/h3-6H,1-2H3;3-5,15H,1-2H3;1H;1,3H;2*1H4;;;/q;;;;;;2*+1;-1/p-1/b11-4-;10-4-;;;;;;;. The molecule has 0 aliphatic carbocycles. The van der Waals surface area contributed by atoms with Gasteiger partial charge in [0, 0.05) is 23.0 Å². The number of benzene rings is 2. The summed E-state index contributed by atoms with van der Waals surface area (Å²) in [5.74, 6) is 0.552. The number of phenolic OH excluding ortho intramolecular Hbond substituents is 1. The van der Waals surface area contributed by atoms with Crippen LogP contribution < -0.4 is 157 Å². The molecule has 4 heterocycles. The van der Waals surface area contributed by atoms with Crippen molar-refractivity contribution in [3.05, 3.63) is 69.1 Å². The number of methoxy groups -OCH3 is 2. The minimum atomic E-state index is -0.339. The van der Waals surface area contributed by atoms with Crippen molar-refractivity contribution in [1.82, 2.24) is 30.2 Å². The molecular weight excluding hydrogens is 1270 g/mol. The molecule has 2 saturated heterocycles. The third-order valence-corrected chi connectivity index (χ3v) is 11.1. The average molecular weight is 1300 g/mol. The van der Waals surface area contributed by atoms with E-state index in [4.69, 9.17) is 24.3 Å². The summed E-state index contributed by atoms with van der Waals surface area (Å²) in [4.78, 5) is 60.8. The van der Waals surface area contributed by atoms with Crippen molar-refractivity contribution in [3.8, 4) is 28.2 Å². The minimum absolute atomic E-state index is 0. The molecule has 298 valence electrons. The molecule has 2 aliphatic rings. The van der Waals surface area contributed by atoms with Gasteiger partial charge in [0.2, 0.25) is 0 Å². The van der Waals surface area contributed by atoms with Crippen molar-refractivity contribution in [1.29, 1.82) is 0 Å². The van der Waals surface area contributed by atoms with Crippen LogP contribution in [0.25, 0.3) is 12.2 Å². The van der Waals surface area contributed by atoms with E-state index >= 15 is 0 Å². The van der Waals surface area contributed by atoms with E-state index < -0.39 is 0 Å². The molecule has 0 bridgehead atoms. The zero-order valence-corrected chi connectivity index (χ0v) is 49.8. The van der Waals surface area contributed by atoms with Crippen LogP contribution in [0, 0.1) is 0 Å². The maximum absolute atomic E-state index is 12.0. The Kier molecular flexibility index (Phi) is 31.5. The smallest absolute Gasteiger partial charge is 1.00 e. The third kappa shape index (κ3) is 18.2. The number of phenols is 1. The quantitative estimate of drug-likeness (QED) is 0.120. The first-order valence-corrected chi connectivity index (χ1v) is 19.5. The molecule has 2 fully saturated rings. The molecule has 26 heteroatoms. The van der Waals surface area contributed by atoms with Crippen molar-refractivity contribution in [2.75, 3.05) is 28.3 Å². The van der Waals surface area contributed by atoms with E-state index in [1.165, 1.54) is 57.1 Å². The molecule has 1 N–H and O–H groups in total. The molecule has 0 atom stereocenters. The second-order valence-electron chi connectivity index (χ2n) is 9.24. The molecule has 57 heavy (non-hydrogen) atoms. The molecule has 2 aromatic heterocycles. The Morgan fingerprint density at radius 3 is 1.56 bits per heavy atom. The number of hydrogen-bond donors (Lipinski definition) is 1. The molecular formula is C31H31Br3Cs2N6O11S4. The fraction of sp³-hybridized carbons (Fsp3) is 0.194. The van der Waals surface area contributed by atoms with E-state index in [9.17, 15) is 24.3 Å². The van der Waals surface area contributed by atoms with Crippen molar-refractivity contribution >= 4 is 135 Å². The van der Waals surface area contributed by atoms with Crippen LogP contribution >= 0.6 is 94.0 Å². The molecule has 4 aromatic rings. The van der Waals surface area contributed by atoms with Crippen LogP contribution in [0.3, 0.4) is 0 Å². The topological polar surface area (TPSA) is 224 Å². The van der Waals surface area contributed by atoms with E-state index in [0.29, 0.717) is 52.3 Å². The Bertz CT molecular complexity index is 2040. The first kappa shape index (κ1) is 59.3. The largest absolute Gasteiger partial charge is 1.00 e. The maximum Gasteiger partial charge on any atom is 1.00 e. The van der Waals surface area contributed by atoms with Gasteiger partial charge >= 0.3 is 138 Å². The monoisotopic (exact) mass is 1290 g/mol. The number of thioether (sulfide) groups is 2. The molecule has 0 saturated carbocycles. The number of halogens is 3. The molecule has 4 amide bonds. The molecule has 2 aliphatic heterocycles. The van der Waals surface area contributed by atoms with Gasteiger partial charge in [-0.25, -0.2) is 0 Å². The molecule has 6 rings (SSSR count). The number of imide groups is 2. The number of nitrogens with zero attached hydrogens (tertiary/aromatic N) is 6. The van der Waals surface area contributed by atoms with Gasteiger partial charge in [0.05, 0.1) is 24.0 Å². The van der Waals surface area contributed by atoms with Crippen LogP contribution in [0.1, 0.15) is 27.4 Å². The first-order valence-electron chi connectivity index (χ1n) is 13.7. The summed E-state index contributed by atoms with van der Waals surface area (Å²) in [5, 5.41) is 32.5. The summed E-state index contributed by atoms with van der Waals surface area (Å²) in [6.07, 6.45) is 3.22. The van der Waals surface area contributed by atoms with Gasteiger partial charge in [-0.1, -0.05) is 74.5 Å². The number of aromatic nitrogens is 4. The number of carbonyl (C=O) groups is 5. The molecule has 0 unspecified atom stereocenters. The Morgan fingerprint density at radius 1 is 0.754 bits per heavy atom. The molecule has 0 radical (unpaired) electrons. The van der Waals surface area contributed by atoms with Gasteiger partial charge in [-0.15, -0.1) is 15.3 Å². The fourth-order valence-corrected chi connectivity index (χ4v) is 7.12. The number of amides is 4. The van der Waals surface area contributed by atoms with Crippen molar-refractivity contribution in [2.45, 2.75) is 14.9 Å². The van der Waals surface area contributed by atoms with Gasteiger partial charge in [0.15, 0.2) is 26.9 Å². The van der Waals surface area contributed by atoms with Gasteiger partial charge < -0.3 is 30.9 Å². The summed E-state index contributed by atoms with van der Waals surface area (Å²) >= 11 is 14.4. The van der Waals surface area contributed by atoms with Crippen LogP contribution in [-0.2, 0) is 19.3 Å². The van der Waals surface area contributed by atoms with Crippen molar-refractivity contribution in [2.24, 2.45) is 0 Å². The number of carbonyl (C=O) groups excluding carboxylic acids is 5. The fourth-order valence-electron chi connectivity index (χ4n) is 3.57. The third-order valence-electron chi connectivity index (χ3n) is 6.04. The number of ether oxygens (including phenoxy) is 3. The molecule has 17 nitrogen and oxygen atoms in total. The predicted molar refractivity (Wildman–Crippen MR) is 220 cm³/mol. The molecule has 2 aromatic carbocycles. The second kappa shape index (κ2) is 30.3. The van der Waals surface area contributed by atoms with Crippen LogP contribution in [0.15, 0.2) is 58.0 Å². The molecule has 0 spiro atoms. The summed E-state index contributed by atoms with van der Waals surface area (Å²) in [7, 11) is 5.84. The zero-order valence-electron chi connectivity index (χ0n) is 30.2.